The lowest BCUT2D eigenvalue weighted by atomic mass is 10.0. The smallest absolute Gasteiger partial charge is 0.261 e. The van der Waals surface area contributed by atoms with Gasteiger partial charge >= 0.3 is 0 Å². The maximum absolute atomic E-state index is 11.9. The predicted octanol–water partition coefficient (Wildman–Crippen LogP) is 2.07. The molecule has 1 amide bonds. The van der Waals surface area contributed by atoms with Gasteiger partial charge in [-0.05, 0) is 19.3 Å². The number of carbonyl (C=O) groups is 1. The highest BCUT2D eigenvalue weighted by atomic mass is 32.2. The minimum atomic E-state index is -3.54. The number of carbonyl (C=O) groups excluding carboxylic acids is 1. The van der Waals surface area contributed by atoms with E-state index in [1.165, 1.54) is 0 Å². The Morgan fingerprint density at radius 2 is 1.95 bits per heavy atom. The van der Waals surface area contributed by atoms with Crippen molar-refractivity contribution < 1.29 is 13.2 Å². The van der Waals surface area contributed by atoms with Crippen LogP contribution in [0.3, 0.4) is 0 Å². The molecule has 8 heteroatoms. The van der Waals surface area contributed by atoms with Crippen LogP contribution in [0, 0.1) is 5.92 Å². The fourth-order valence-electron chi connectivity index (χ4n) is 2.13. The summed E-state index contributed by atoms with van der Waals surface area (Å²) in [6, 6.07) is 0.0687. The molecule has 2 atom stereocenters. The van der Waals surface area contributed by atoms with Crippen LogP contribution < -0.4 is 16.8 Å². The number of amides is 1. The molecule has 0 saturated heterocycles. The molecule has 5 N–H and O–H groups in total. The van der Waals surface area contributed by atoms with Crippen LogP contribution in [0.25, 0.3) is 0 Å². The SMILES string of the molecule is CCC(C)CC(C)Nc1sc(C(N)=O)c(N)c1S(C)(=O)=O. The normalized spacial score (nSPS) is 14.7. The summed E-state index contributed by atoms with van der Waals surface area (Å²) in [6.07, 6.45) is 3.01. The number of primary amides is 1. The third-order valence-corrected chi connectivity index (χ3v) is 5.77. The average molecular weight is 333 g/mol. The van der Waals surface area contributed by atoms with Crippen molar-refractivity contribution in [3.63, 3.8) is 0 Å². The van der Waals surface area contributed by atoms with Gasteiger partial charge in [-0.25, -0.2) is 8.42 Å². The van der Waals surface area contributed by atoms with E-state index in [-0.39, 0.29) is 21.5 Å². The van der Waals surface area contributed by atoms with Crippen LogP contribution in [0.15, 0.2) is 4.90 Å². The molecule has 21 heavy (non-hydrogen) atoms. The van der Waals surface area contributed by atoms with E-state index >= 15 is 0 Å². The molecule has 1 aromatic heterocycles. The van der Waals surface area contributed by atoms with Crippen molar-refractivity contribution in [2.24, 2.45) is 11.7 Å². The molecule has 1 heterocycles. The molecule has 1 rings (SSSR count). The molecule has 1 aromatic rings. The standard InChI is InChI=1S/C13H23N3O3S2/c1-5-7(2)6-8(3)16-13-11(21(4,18)19)9(14)10(20-13)12(15)17/h7-8,16H,5-6,14H2,1-4H3,(H2,15,17). The van der Waals surface area contributed by atoms with Crippen molar-refractivity contribution >= 4 is 37.8 Å². The fraction of sp³-hybridized carbons (Fsp3) is 0.615. The van der Waals surface area contributed by atoms with E-state index in [0.717, 1.165) is 30.4 Å². The van der Waals surface area contributed by atoms with Gasteiger partial charge in [0.05, 0.1) is 5.69 Å². The second-order valence-corrected chi connectivity index (χ2v) is 8.41. The van der Waals surface area contributed by atoms with Gasteiger partial charge in [-0.2, -0.15) is 0 Å². The van der Waals surface area contributed by atoms with E-state index in [1.807, 2.05) is 6.92 Å². The molecule has 120 valence electrons. The summed E-state index contributed by atoms with van der Waals surface area (Å²) in [5, 5.41) is 3.54. The van der Waals surface area contributed by atoms with Gasteiger partial charge < -0.3 is 16.8 Å². The van der Waals surface area contributed by atoms with Crippen molar-refractivity contribution in [3.8, 4) is 0 Å². The average Bonchev–Trinajstić information content (AvgIpc) is 2.65. The van der Waals surface area contributed by atoms with E-state index in [2.05, 4.69) is 19.2 Å². The highest BCUT2D eigenvalue weighted by Gasteiger charge is 2.26. The fourth-order valence-corrected chi connectivity index (χ4v) is 4.65. The molecule has 0 aliphatic rings. The number of rotatable bonds is 7. The summed E-state index contributed by atoms with van der Waals surface area (Å²) in [5.41, 5.74) is 11.0. The van der Waals surface area contributed by atoms with Crippen LogP contribution in [0.5, 0.6) is 0 Å². The zero-order valence-corrected chi connectivity index (χ0v) is 14.4. The van der Waals surface area contributed by atoms with Gasteiger partial charge in [-0.15, -0.1) is 11.3 Å². The van der Waals surface area contributed by atoms with Gasteiger partial charge in [0, 0.05) is 12.3 Å². The molecular formula is C13H23N3O3S2. The van der Waals surface area contributed by atoms with Gasteiger partial charge in [0.1, 0.15) is 14.8 Å². The number of sulfone groups is 1. The van der Waals surface area contributed by atoms with Crippen LogP contribution >= 0.6 is 11.3 Å². The first-order chi connectivity index (χ1) is 9.57. The highest BCUT2D eigenvalue weighted by molar-refractivity contribution is 7.91. The highest BCUT2D eigenvalue weighted by Crippen LogP contribution is 2.39. The Labute approximate surface area is 129 Å². The van der Waals surface area contributed by atoms with Crippen LogP contribution in [0.4, 0.5) is 10.7 Å². The number of hydrogen-bond donors (Lipinski definition) is 3. The molecule has 0 aliphatic heterocycles. The molecule has 0 radical (unpaired) electrons. The van der Waals surface area contributed by atoms with Gasteiger partial charge in [0.2, 0.25) is 0 Å². The predicted molar refractivity (Wildman–Crippen MR) is 87.5 cm³/mol. The van der Waals surface area contributed by atoms with Crippen LogP contribution in [-0.4, -0.2) is 26.6 Å². The first-order valence-electron chi connectivity index (χ1n) is 6.76. The second kappa shape index (κ2) is 6.65. The van der Waals surface area contributed by atoms with Crippen molar-refractivity contribution in [3.05, 3.63) is 4.88 Å². The number of nitrogens with one attached hydrogen (secondary N) is 1. The third-order valence-electron chi connectivity index (χ3n) is 3.32. The Hall–Kier alpha value is -1.28. The summed E-state index contributed by atoms with van der Waals surface area (Å²) in [5.74, 6) is -0.202. The zero-order chi connectivity index (χ0) is 16.4. The molecule has 0 aromatic carbocycles. The first-order valence-corrected chi connectivity index (χ1v) is 9.47. The Morgan fingerprint density at radius 3 is 2.38 bits per heavy atom. The number of hydrogen-bond acceptors (Lipinski definition) is 6. The Bertz CT molecular complexity index is 623. The molecule has 0 bridgehead atoms. The van der Waals surface area contributed by atoms with E-state index in [1.54, 1.807) is 0 Å². The Morgan fingerprint density at radius 1 is 1.38 bits per heavy atom. The maximum Gasteiger partial charge on any atom is 0.261 e. The van der Waals surface area contributed by atoms with Crippen molar-refractivity contribution in [2.75, 3.05) is 17.3 Å². The third kappa shape index (κ3) is 4.34. The summed E-state index contributed by atoms with van der Waals surface area (Å²) < 4.78 is 23.8. The molecule has 6 nitrogen and oxygen atoms in total. The van der Waals surface area contributed by atoms with E-state index in [4.69, 9.17) is 11.5 Å². The summed E-state index contributed by atoms with van der Waals surface area (Å²) in [4.78, 5) is 11.4. The van der Waals surface area contributed by atoms with Crippen LogP contribution in [0.1, 0.15) is 43.3 Å². The molecule has 0 saturated carbocycles. The first kappa shape index (κ1) is 17.8. The van der Waals surface area contributed by atoms with Gasteiger partial charge in [0.25, 0.3) is 5.91 Å². The molecule has 0 fully saturated rings. The molecular weight excluding hydrogens is 310 g/mol. The van der Waals surface area contributed by atoms with Gasteiger partial charge in [-0.3, -0.25) is 4.79 Å². The Kier molecular flexibility index (Phi) is 5.63. The minimum absolute atomic E-state index is 0.0303. The van der Waals surface area contributed by atoms with Crippen molar-refractivity contribution in [2.45, 2.75) is 44.6 Å². The quantitative estimate of drug-likeness (QED) is 0.706. The Balaban J connectivity index is 3.17. The molecule has 0 spiro atoms. The molecule has 0 aliphatic carbocycles. The summed E-state index contributed by atoms with van der Waals surface area (Å²) in [7, 11) is -3.54. The van der Waals surface area contributed by atoms with Gasteiger partial charge in [0.15, 0.2) is 9.84 Å². The van der Waals surface area contributed by atoms with Crippen LogP contribution in [-0.2, 0) is 9.84 Å². The lowest BCUT2D eigenvalue weighted by molar-refractivity contribution is 0.100. The topological polar surface area (TPSA) is 115 Å². The monoisotopic (exact) mass is 333 g/mol. The largest absolute Gasteiger partial charge is 0.396 e. The summed E-state index contributed by atoms with van der Waals surface area (Å²) >= 11 is 0.994. The number of thiophene rings is 1. The lowest BCUT2D eigenvalue weighted by Crippen LogP contribution is -2.19. The van der Waals surface area contributed by atoms with Crippen molar-refractivity contribution in [1.29, 1.82) is 0 Å². The van der Waals surface area contributed by atoms with Gasteiger partial charge in [-0.1, -0.05) is 20.3 Å². The lowest BCUT2D eigenvalue weighted by Gasteiger charge is -2.18. The zero-order valence-electron chi connectivity index (χ0n) is 12.8. The number of nitrogen functional groups attached to an aromatic ring is 1. The van der Waals surface area contributed by atoms with E-state index < -0.39 is 15.7 Å². The minimum Gasteiger partial charge on any atom is -0.396 e. The summed E-state index contributed by atoms with van der Waals surface area (Å²) in [6.45, 7) is 6.21. The second-order valence-electron chi connectivity index (χ2n) is 5.43. The van der Waals surface area contributed by atoms with E-state index in [9.17, 15) is 13.2 Å². The van der Waals surface area contributed by atoms with Crippen molar-refractivity contribution in [1.82, 2.24) is 0 Å². The van der Waals surface area contributed by atoms with E-state index in [0.29, 0.717) is 10.9 Å². The number of nitrogens with two attached hydrogens (primary N) is 2. The number of anilines is 2. The van der Waals surface area contributed by atoms with Crippen LogP contribution in [0.2, 0.25) is 0 Å². The maximum atomic E-state index is 11.9. The molecule has 2 unspecified atom stereocenters.